The monoisotopic (exact) mass is 263 g/mol. The van der Waals surface area contributed by atoms with Crippen LogP contribution in [-0.2, 0) is 19.5 Å². The van der Waals surface area contributed by atoms with Crippen LogP contribution < -0.4 is 10.6 Å². The van der Waals surface area contributed by atoms with Gasteiger partial charge in [-0.25, -0.2) is 4.98 Å². The SMILES string of the molecule is CCC(C)NC(=NC)NCc1cn2c(n1)CCCC2. The third-order valence-corrected chi connectivity index (χ3v) is 3.61. The number of nitrogens with zero attached hydrogens (tertiary/aromatic N) is 3. The van der Waals surface area contributed by atoms with Gasteiger partial charge in [0, 0.05) is 32.3 Å². The standard InChI is InChI=1S/C14H25N5/c1-4-11(2)17-14(15-3)16-9-12-10-19-8-6-5-7-13(19)18-12/h10-11H,4-9H2,1-3H3,(H2,15,16,17). The number of nitrogens with one attached hydrogen (secondary N) is 2. The first kappa shape index (κ1) is 13.9. The van der Waals surface area contributed by atoms with Gasteiger partial charge in [0.2, 0.25) is 0 Å². The van der Waals surface area contributed by atoms with Crippen molar-refractivity contribution in [1.29, 1.82) is 0 Å². The van der Waals surface area contributed by atoms with Crippen LogP contribution in [0.25, 0.3) is 0 Å². The van der Waals surface area contributed by atoms with E-state index in [1.54, 1.807) is 7.05 Å². The molecule has 2 heterocycles. The van der Waals surface area contributed by atoms with Crippen molar-refractivity contribution in [3.63, 3.8) is 0 Å². The minimum atomic E-state index is 0.432. The first-order valence-electron chi connectivity index (χ1n) is 7.25. The van der Waals surface area contributed by atoms with E-state index < -0.39 is 0 Å². The fourth-order valence-electron chi connectivity index (χ4n) is 2.26. The van der Waals surface area contributed by atoms with Crippen molar-refractivity contribution < 1.29 is 0 Å². The minimum Gasteiger partial charge on any atom is -0.354 e. The fraction of sp³-hybridized carbons (Fsp3) is 0.714. The van der Waals surface area contributed by atoms with Crippen molar-refractivity contribution in [2.45, 2.75) is 58.7 Å². The lowest BCUT2D eigenvalue weighted by atomic mass is 10.2. The number of rotatable bonds is 4. The minimum absolute atomic E-state index is 0.432. The van der Waals surface area contributed by atoms with Crippen molar-refractivity contribution in [2.75, 3.05) is 7.05 Å². The molecule has 0 saturated carbocycles. The molecular weight excluding hydrogens is 238 g/mol. The predicted octanol–water partition coefficient (Wildman–Crippen LogP) is 1.68. The number of aryl methyl sites for hydroxylation is 2. The Morgan fingerprint density at radius 3 is 3.05 bits per heavy atom. The van der Waals surface area contributed by atoms with Crippen LogP contribution in [-0.4, -0.2) is 28.6 Å². The summed E-state index contributed by atoms with van der Waals surface area (Å²) >= 11 is 0. The fourth-order valence-corrected chi connectivity index (χ4v) is 2.26. The molecule has 2 N–H and O–H groups in total. The van der Waals surface area contributed by atoms with Crippen molar-refractivity contribution >= 4 is 5.96 Å². The van der Waals surface area contributed by atoms with Gasteiger partial charge in [-0.05, 0) is 26.2 Å². The van der Waals surface area contributed by atoms with Crippen LogP contribution in [0.2, 0.25) is 0 Å². The number of hydrogen-bond acceptors (Lipinski definition) is 2. The summed E-state index contributed by atoms with van der Waals surface area (Å²) in [6.45, 7) is 6.16. The normalized spacial score (nSPS) is 16.9. The van der Waals surface area contributed by atoms with Crippen LogP contribution in [0.3, 0.4) is 0 Å². The van der Waals surface area contributed by atoms with Crippen molar-refractivity contribution in [1.82, 2.24) is 20.2 Å². The molecule has 0 aliphatic carbocycles. The summed E-state index contributed by atoms with van der Waals surface area (Å²) in [7, 11) is 1.80. The van der Waals surface area contributed by atoms with E-state index in [-0.39, 0.29) is 0 Å². The van der Waals surface area contributed by atoms with Crippen molar-refractivity contribution in [2.24, 2.45) is 4.99 Å². The first-order valence-corrected chi connectivity index (χ1v) is 7.25. The highest BCUT2D eigenvalue weighted by Crippen LogP contribution is 2.14. The molecule has 1 aliphatic heterocycles. The van der Waals surface area contributed by atoms with Gasteiger partial charge in [-0.15, -0.1) is 0 Å². The Balaban J connectivity index is 1.89. The van der Waals surface area contributed by atoms with Crippen LogP contribution in [0.1, 0.15) is 44.6 Å². The van der Waals surface area contributed by atoms with E-state index in [0.29, 0.717) is 6.04 Å². The Labute approximate surface area is 115 Å². The number of hydrogen-bond donors (Lipinski definition) is 2. The van der Waals surface area contributed by atoms with Gasteiger partial charge in [-0.3, -0.25) is 4.99 Å². The summed E-state index contributed by atoms with van der Waals surface area (Å²) in [4.78, 5) is 8.91. The molecule has 1 unspecified atom stereocenters. The Morgan fingerprint density at radius 2 is 2.37 bits per heavy atom. The van der Waals surface area contributed by atoms with Crippen LogP contribution in [0.15, 0.2) is 11.2 Å². The molecule has 0 radical (unpaired) electrons. The lowest BCUT2D eigenvalue weighted by molar-refractivity contribution is 0.522. The third-order valence-electron chi connectivity index (χ3n) is 3.61. The molecule has 1 atom stereocenters. The zero-order chi connectivity index (χ0) is 13.7. The van der Waals surface area contributed by atoms with E-state index in [0.717, 1.165) is 37.6 Å². The van der Waals surface area contributed by atoms with Gasteiger partial charge < -0.3 is 15.2 Å². The van der Waals surface area contributed by atoms with Gasteiger partial charge in [0.15, 0.2) is 5.96 Å². The molecule has 1 aromatic heterocycles. The van der Waals surface area contributed by atoms with Gasteiger partial charge in [-0.2, -0.15) is 0 Å². The molecule has 5 nitrogen and oxygen atoms in total. The van der Waals surface area contributed by atoms with Crippen LogP contribution in [0, 0.1) is 0 Å². The number of guanidine groups is 1. The zero-order valence-corrected chi connectivity index (χ0v) is 12.2. The molecule has 0 saturated heterocycles. The van der Waals surface area contributed by atoms with Gasteiger partial charge in [0.05, 0.1) is 12.2 Å². The number of imidazole rings is 1. The summed E-state index contributed by atoms with van der Waals surface area (Å²) < 4.78 is 2.28. The largest absolute Gasteiger partial charge is 0.354 e. The molecular formula is C14H25N5. The molecule has 0 amide bonds. The number of aliphatic imine (C=N–C) groups is 1. The molecule has 0 bridgehead atoms. The van der Waals surface area contributed by atoms with Gasteiger partial charge >= 0.3 is 0 Å². The molecule has 1 aliphatic rings. The molecule has 1 aromatic rings. The lowest BCUT2D eigenvalue weighted by Gasteiger charge is -2.15. The molecule has 0 fully saturated rings. The van der Waals surface area contributed by atoms with E-state index in [4.69, 9.17) is 0 Å². The number of fused-ring (bicyclic) bond motifs is 1. The van der Waals surface area contributed by atoms with E-state index in [1.165, 1.54) is 18.7 Å². The highest BCUT2D eigenvalue weighted by molar-refractivity contribution is 5.79. The van der Waals surface area contributed by atoms with Crippen LogP contribution in [0.4, 0.5) is 0 Å². The van der Waals surface area contributed by atoms with Crippen LogP contribution in [0.5, 0.6) is 0 Å². The molecule has 2 rings (SSSR count). The molecule has 5 heteroatoms. The molecule has 106 valence electrons. The highest BCUT2D eigenvalue weighted by atomic mass is 15.2. The second kappa shape index (κ2) is 6.59. The lowest BCUT2D eigenvalue weighted by Crippen LogP contribution is -2.41. The average molecular weight is 263 g/mol. The predicted molar refractivity (Wildman–Crippen MR) is 78.3 cm³/mol. The van der Waals surface area contributed by atoms with Gasteiger partial charge in [0.1, 0.15) is 5.82 Å². The number of aromatic nitrogens is 2. The second-order valence-corrected chi connectivity index (χ2v) is 5.18. The van der Waals surface area contributed by atoms with E-state index in [2.05, 4.69) is 45.2 Å². The summed E-state index contributed by atoms with van der Waals surface area (Å²) in [5.74, 6) is 2.08. The molecule has 0 aromatic carbocycles. The van der Waals surface area contributed by atoms with Crippen molar-refractivity contribution in [3.05, 3.63) is 17.7 Å². The average Bonchev–Trinajstić information content (AvgIpc) is 2.85. The topological polar surface area (TPSA) is 54.2 Å². The first-order chi connectivity index (χ1) is 9.22. The van der Waals surface area contributed by atoms with E-state index in [1.807, 2.05) is 0 Å². The van der Waals surface area contributed by atoms with E-state index in [9.17, 15) is 0 Å². The van der Waals surface area contributed by atoms with Crippen LogP contribution >= 0.6 is 0 Å². The summed E-state index contributed by atoms with van der Waals surface area (Å²) in [6.07, 6.45) is 6.89. The third kappa shape index (κ3) is 3.72. The van der Waals surface area contributed by atoms with Crippen molar-refractivity contribution in [3.8, 4) is 0 Å². The maximum absolute atomic E-state index is 4.67. The van der Waals surface area contributed by atoms with Gasteiger partial charge in [0.25, 0.3) is 0 Å². The zero-order valence-electron chi connectivity index (χ0n) is 12.2. The quantitative estimate of drug-likeness (QED) is 0.642. The summed E-state index contributed by atoms with van der Waals surface area (Å²) in [5.41, 5.74) is 1.10. The summed E-state index contributed by atoms with van der Waals surface area (Å²) in [5, 5.41) is 6.68. The highest BCUT2D eigenvalue weighted by Gasteiger charge is 2.12. The van der Waals surface area contributed by atoms with Gasteiger partial charge in [-0.1, -0.05) is 6.92 Å². The second-order valence-electron chi connectivity index (χ2n) is 5.18. The smallest absolute Gasteiger partial charge is 0.191 e. The molecule has 19 heavy (non-hydrogen) atoms. The maximum Gasteiger partial charge on any atom is 0.191 e. The Kier molecular flexibility index (Phi) is 4.82. The Bertz CT molecular complexity index is 412. The molecule has 0 spiro atoms. The maximum atomic E-state index is 4.67. The Hall–Kier alpha value is -1.52. The Morgan fingerprint density at radius 1 is 1.53 bits per heavy atom. The summed E-state index contributed by atoms with van der Waals surface area (Å²) in [6, 6.07) is 0.432. The van der Waals surface area contributed by atoms with E-state index >= 15 is 0 Å².